The van der Waals surface area contributed by atoms with E-state index in [9.17, 15) is 0 Å². The van der Waals surface area contributed by atoms with E-state index < -0.39 is 0 Å². The van der Waals surface area contributed by atoms with Crippen LogP contribution in [0.5, 0.6) is 0 Å². The molecule has 140 valence electrons. The van der Waals surface area contributed by atoms with Gasteiger partial charge in [-0.15, -0.1) is 0 Å². The van der Waals surface area contributed by atoms with Crippen LogP contribution in [0.25, 0.3) is 28.6 Å². The lowest BCUT2D eigenvalue weighted by atomic mass is 9.96. The Balaban J connectivity index is 1.98. The molecular weight excluding hydrogens is 330 g/mol. The van der Waals surface area contributed by atoms with Crippen molar-refractivity contribution in [2.75, 3.05) is 0 Å². The van der Waals surface area contributed by atoms with E-state index >= 15 is 0 Å². The number of aromatic nitrogens is 1. The van der Waals surface area contributed by atoms with Gasteiger partial charge in [-0.1, -0.05) is 49.6 Å². The molecule has 1 fully saturated rings. The van der Waals surface area contributed by atoms with Crippen molar-refractivity contribution in [1.82, 2.24) is 4.57 Å². The van der Waals surface area contributed by atoms with Crippen molar-refractivity contribution in [2.45, 2.75) is 39.2 Å². The van der Waals surface area contributed by atoms with Gasteiger partial charge in [-0.25, -0.2) is 0 Å². The van der Waals surface area contributed by atoms with Crippen molar-refractivity contribution < 1.29 is 4.74 Å². The molecule has 0 N–H and O–H groups in total. The molecule has 0 aliphatic heterocycles. The number of benzene rings is 1. The highest BCUT2D eigenvalue weighted by Gasteiger charge is 2.18. The summed E-state index contributed by atoms with van der Waals surface area (Å²) in [4.78, 5) is 0. The van der Waals surface area contributed by atoms with Crippen molar-refractivity contribution >= 4 is 28.6 Å². The zero-order valence-electron chi connectivity index (χ0n) is 16.7. The second kappa shape index (κ2) is 8.30. The molecule has 2 heteroatoms. The first-order chi connectivity index (χ1) is 13.1. The van der Waals surface area contributed by atoms with Crippen LogP contribution in [0, 0.1) is 0 Å². The van der Waals surface area contributed by atoms with Crippen LogP contribution in [0.4, 0.5) is 0 Å². The van der Waals surface area contributed by atoms with E-state index in [1.165, 1.54) is 41.4 Å². The number of rotatable bonds is 7. The van der Waals surface area contributed by atoms with E-state index in [1.807, 2.05) is 32.1 Å². The van der Waals surface area contributed by atoms with Gasteiger partial charge >= 0.3 is 0 Å². The Labute approximate surface area is 162 Å². The summed E-state index contributed by atoms with van der Waals surface area (Å²) in [6.07, 6.45) is 16.2. The number of allylic oxidation sites excluding steroid dienone is 6. The third kappa shape index (κ3) is 3.85. The smallest absolute Gasteiger partial charge is 0.0982 e. The Kier molecular flexibility index (Phi) is 5.85. The third-order valence-electron chi connectivity index (χ3n) is 5.27. The zero-order chi connectivity index (χ0) is 19.4. The Morgan fingerprint density at radius 1 is 1.22 bits per heavy atom. The second-order valence-electron chi connectivity index (χ2n) is 7.07. The first-order valence-electron chi connectivity index (χ1n) is 9.64. The molecule has 0 bridgehead atoms. The normalized spacial score (nSPS) is 16.0. The third-order valence-corrected chi connectivity index (χ3v) is 5.27. The summed E-state index contributed by atoms with van der Waals surface area (Å²) in [5.74, 6) is 0.961. The minimum Gasteiger partial charge on any atom is -0.495 e. The van der Waals surface area contributed by atoms with Crippen molar-refractivity contribution in [3.8, 4) is 0 Å². The van der Waals surface area contributed by atoms with Crippen molar-refractivity contribution in [2.24, 2.45) is 7.05 Å². The molecule has 1 aromatic heterocycles. The molecule has 0 atom stereocenters. The molecule has 1 aliphatic carbocycles. The Morgan fingerprint density at radius 2 is 2.00 bits per heavy atom. The Hall–Kier alpha value is -2.74. The molecule has 2 nitrogen and oxygen atoms in total. The number of hydrogen-bond donors (Lipinski definition) is 0. The molecule has 0 spiro atoms. The molecule has 3 rings (SSSR count). The number of nitrogens with zero attached hydrogens (tertiary/aromatic N) is 1. The van der Waals surface area contributed by atoms with Gasteiger partial charge in [0.05, 0.1) is 11.9 Å². The molecule has 0 saturated heterocycles. The molecule has 1 saturated carbocycles. The first-order valence-corrected chi connectivity index (χ1v) is 9.64. The average molecular weight is 360 g/mol. The van der Waals surface area contributed by atoms with E-state index in [4.69, 9.17) is 4.74 Å². The summed E-state index contributed by atoms with van der Waals surface area (Å²) in [5.41, 5.74) is 5.77. The molecule has 1 aromatic carbocycles. The van der Waals surface area contributed by atoms with Gasteiger partial charge in [0, 0.05) is 29.2 Å². The van der Waals surface area contributed by atoms with Gasteiger partial charge in [-0.05, 0) is 62.5 Å². The van der Waals surface area contributed by atoms with Crippen LogP contribution in [-0.2, 0) is 11.8 Å². The van der Waals surface area contributed by atoms with E-state index in [0.717, 1.165) is 16.9 Å². The topological polar surface area (TPSA) is 14.2 Å². The quantitative estimate of drug-likeness (QED) is 0.387. The maximum atomic E-state index is 5.93. The summed E-state index contributed by atoms with van der Waals surface area (Å²) in [6, 6.07) is 6.55. The lowest BCUT2D eigenvalue weighted by Gasteiger charge is -2.26. The van der Waals surface area contributed by atoms with Gasteiger partial charge in [-0.2, -0.15) is 0 Å². The number of fused-ring (bicyclic) bond motifs is 1. The van der Waals surface area contributed by atoms with E-state index in [1.54, 1.807) is 0 Å². The highest BCUT2D eigenvalue weighted by Crippen LogP contribution is 2.30. The predicted molar refractivity (Wildman–Crippen MR) is 118 cm³/mol. The largest absolute Gasteiger partial charge is 0.495 e. The lowest BCUT2D eigenvalue weighted by molar-refractivity contribution is 0.0534. The molecule has 1 aliphatic rings. The maximum Gasteiger partial charge on any atom is 0.0982 e. The van der Waals surface area contributed by atoms with Gasteiger partial charge in [0.2, 0.25) is 0 Å². The summed E-state index contributed by atoms with van der Waals surface area (Å²) in [6.45, 7) is 12.1. The maximum absolute atomic E-state index is 5.93. The fourth-order valence-electron chi connectivity index (χ4n) is 3.52. The van der Waals surface area contributed by atoms with Crippen LogP contribution < -0.4 is 0 Å². The second-order valence-corrected chi connectivity index (χ2v) is 7.07. The van der Waals surface area contributed by atoms with Crippen LogP contribution in [-0.4, -0.2) is 10.7 Å². The lowest BCUT2D eigenvalue weighted by Crippen LogP contribution is -2.20. The van der Waals surface area contributed by atoms with E-state index in [-0.39, 0.29) is 0 Å². The Bertz CT molecular complexity index is 948. The van der Waals surface area contributed by atoms with Crippen molar-refractivity contribution in [3.05, 3.63) is 78.2 Å². The van der Waals surface area contributed by atoms with Gasteiger partial charge in [0.25, 0.3) is 0 Å². The molecule has 0 radical (unpaired) electrons. The molecule has 0 amide bonds. The van der Waals surface area contributed by atoms with E-state index in [0.29, 0.717) is 6.10 Å². The molecule has 0 unspecified atom stereocenters. The molecular formula is C25H29NO. The van der Waals surface area contributed by atoms with Crippen molar-refractivity contribution in [3.63, 3.8) is 0 Å². The van der Waals surface area contributed by atoms with Crippen LogP contribution in [0.2, 0.25) is 0 Å². The van der Waals surface area contributed by atoms with Gasteiger partial charge < -0.3 is 9.30 Å². The highest BCUT2D eigenvalue weighted by atomic mass is 16.5. The monoisotopic (exact) mass is 359 g/mol. The van der Waals surface area contributed by atoms with Crippen LogP contribution in [0.1, 0.15) is 49.9 Å². The van der Waals surface area contributed by atoms with Crippen LogP contribution in [0.3, 0.4) is 0 Å². The fourth-order valence-corrected chi connectivity index (χ4v) is 3.52. The molecule has 1 heterocycles. The van der Waals surface area contributed by atoms with Crippen molar-refractivity contribution in [1.29, 1.82) is 0 Å². The summed E-state index contributed by atoms with van der Waals surface area (Å²) >= 11 is 0. The first kappa shape index (κ1) is 19.0. The summed E-state index contributed by atoms with van der Waals surface area (Å²) in [5, 5.41) is 1.22. The van der Waals surface area contributed by atoms with E-state index in [2.05, 4.69) is 61.2 Å². The van der Waals surface area contributed by atoms with Gasteiger partial charge in [0.1, 0.15) is 0 Å². The summed E-state index contributed by atoms with van der Waals surface area (Å²) in [7, 11) is 2.10. The van der Waals surface area contributed by atoms with Gasteiger partial charge in [-0.3, -0.25) is 0 Å². The van der Waals surface area contributed by atoms with Crippen LogP contribution >= 0.6 is 0 Å². The summed E-state index contributed by atoms with van der Waals surface area (Å²) < 4.78 is 8.15. The number of ether oxygens (including phenoxy) is 1. The minimum absolute atomic E-state index is 0.406. The van der Waals surface area contributed by atoms with Crippen LogP contribution in [0.15, 0.2) is 61.4 Å². The number of aryl methyl sites for hydroxylation is 1. The molecule has 27 heavy (non-hydrogen) atoms. The average Bonchev–Trinajstić information content (AvgIpc) is 2.90. The molecule has 2 aromatic rings. The zero-order valence-corrected chi connectivity index (χ0v) is 16.7. The standard InChI is InChI=1S/C25H29NO/c1-6-10-24-22(8-3)23-16-15-20(17-25(23)26(24)5)19(7-2)14-13-18(4)27-21-11-9-12-21/h6-8,10,13-17,21H,2-3,9,11-12H2,1,4-5H3/b10-6-,18-13+,19-14+. The predicted octanol–water partition coefficient (Wildman–Crippen LogP) is 6.90. The minimum atomic E-state index is 0.406. The highest BCUT2D eigenvalue weighted by molar-refractivity contribution is 5.96. The van der Waals surface area contributed by atoms with Gasteiger partial charge in [0.15, 0.2) is 0 Å². The fraction of sp³-hybridized carbons (Fsp3) is 0.280. The number of hydrogen-bond acceptors (Lipinski definition) is 1. The Morgan fingerprint density at radius 3 is 2.59 bits per heavy atom. The SMILES string of the molecule is C=C/C(=C\C=C(/C)OC1CCC1)c1ccc2c(C=C)c(/C=C\C)n(C)c2c1.